The summed E-state index contributed by atoms with van der Waals surface area (Å²) in [4.78, 5) is 22.9. The number of aliphatic carboxylic acids is 1. The van der Waals surface area contributed by atoms with Crippen LogP contribution in [0.15, 0.2) is 30.3 Å². The molecule has 0 aliphatic heterocycles. The van der Waals surface area contributed by atoms with Gasteiger partial charge in [0.2, 0.25) is 5.91 Å². The zero-order chi connectivity index (χ0) is 15.9. The minimum atomic E-state index is -0.960. The minimum absolute atomic E-state index is 0.0701. The first kappa shape index (κ1) is 15.6. The molecule has 22 heavy (non-hydrogen) atoms. The summed E-state index contributed by atoms with van der Waals surface area (Å²) in [5, 5.41) is 22.5. The molecule has 0 aliphatic carbocycles. The van der Waals surface area contributed by atoms with Gasteiger partial charge in [0.1, 0.15) is 11.9 Å². The van der Waals surface area contributed by atoms with Crippen molar-refractivity contribution < 1.29 is 14.7 Å². The van der Waals surface area contributed by atoms with Gasteiger partial charge in [-0.25, -0.2) is 4.68 Å². The number of aryl methyl sites for hydroxylation is 1. The van der Waals surface area contributed by atoms with Crippen molar-refractivity contribution in [2.75, 3.05) is 6.54 Å². The number of aromatic nitrogens is 4. The number of amides is 1. The number of benzene rings is 1. The molecule has 1 unspecified atom stereocenters. The molecule has 2 rings (SSSR count). The Morgan fingerprint density at radius 1 is 1.32 bits per heavy atom. The summed E-state index contributed by atoms with van der Waals surface area (Å²) in [6.07, 6.45) is 0.296. The average Bonchev–Trinajstić information content (AvgIpc) is 2.91. The molecule has 1 heterocycles. The first-order valence-electron chi connectivity index (χ1n) is 6.86. The molecular formula is C14H17N5O3. The summed E-state index contributed by atoms with van der Waals surface area (Å²) < 4.78 is 1.45. The van der Waals surface area contributed by atoms with E-state index in [4.69, 9.17) is 5.11 Å². The van der Waals surface area contributed by atoms with E-state index in [0.717, 1.165) is 5.56 Å². The molecule has 0 radical (unpaired) electrons. The summed E-state index contributed by atoms with van der Waals surface area (Å²) in [7, 11) is 0. The topological polar surface area (TPSA) is 110 Å². The molecule has 8 nitrogen and oxygen atoms in total. The van der Waals surface area contributed by atoms with Crippen LogP contribution in [0.25, 0.3) is 0 Å². The van der Waals surface area contributed by atoms with E-state index in [-0.39, 0.29) is 18.9 Å². The van der Waals surface area contributed by atoms with Gasteiger partial charge < -0.3 is 10.4 Å². The third kappa shape index (κ3) is 4.11. The van der Waals surface area contributed by atoms with Crippen molar-refractivity contribution in [3.05, 3.63) is 41.7 Å². The first-order chi connectivity index (χ1) is 10.6. The van der Waals surface area contributed by atoms with Crippen LogP contribution in [0.2, 0.25) is 0 Å². The predicted octanol–water partition coefficient (Wildman–Crippen LogP) is 0.356. The summed E-state index contributed by atoms with van der Waals surface area (Å²) >= 11 is 0. The van der Waals surface area contributed by atoms with E-state index in [2.05, 4.69) is 20.8 Å². The van der Waals surface area contributed by atoms with Gasteiger partial charge in [-0.2, -0.15) is 0 Å². The van der Waals surface area contributed by atoms with Crippen LogP contribution in [0.3, 0.4) is 0 Å². The van der Waals surface area contributed by atoms with Gasteiger partial charge in [-0.3, -0.25) is 9.59 Å². The molecule has 0 saturated heterocycles. The molecular weight excluding hydrogens is 286 g/mol. The second kappa shape index (κ2) is 7.30. The number of tetrazole rings is 1. The average molecular weight is 303 g/mol. The predicted molar refractivity (Wildman–Crippen MR) is 77.0 cm³/mol. The molecule has 2 N–H and O–H groups in total. The Labute approximate surface area is 127 Å². The Morgan fingerprint density at radius 2 is 2.05 bits per heavy atom. The van der Waals surface area contributed by atoms with Crippen LogP contribution in [0.4, 0.5) is 0 Å². The highest BCUT2D eigenvalue weighted by Crippen LogP contribution is 2.14. The third-order valence-corrected chi connectivity index (χ3v) is 3.17. The van der Waals surface area contributed by atoms with Crippen molar-refractivity contribution >= 4 is 11.9 Å². The second-order valence-corrected chi connectivity index (χ2v) is 4.81. The summed E-state index contributed by atoms with van der Waals surface area (Å²) in [6, 6.07) is 8.89. The van der Waals surface area contributed by atoms with Crippen molar-refractivity contribution in [1.29, 1.82) is 0 Å². The first-order valence-corrected chi connectivity index (χ1v) is 6.86. The number of rotatable bonds is 7. The molecule has 0 spiro atoms. The van der Waals surface area contributed by atoms with Crippen molar-refractivity contribution in [1.82, 2.24) is 25.5 Å². The van der Waals surface area contributed by atoms with Gasteiger partial charge in [0.25, 0.3) is 0 Å². The lowest BCUT2D eigenvalue weighted by molar-refractivity contribution is -0.137. The van der Waals surface area contributed by atoms with Crippen molar-refractivity contribution in [2.24, 2.45) is 0 Å². The smallest absolute Gasteiger partial charge is 0.305 e. The Kier molecular flexibility index (Phi) is 5.18. The minimum Gasteiger partial charge on any atom is -0.481 e. The van der Waals surface area contributed by atoms with E-state index in [0.29, 0.717) is 12.2 Å². The van der Waals surface area contributed by atoms with E-state index in [9.17, 15) is 9.59 Å². The Bertz CT molecular complexity index is 641. The third-order valence-electron chi connectivity index (χ3n) is 3.17. The number of nitrogens with one attached hydrogen (secondary N) is 1. The maximum Gasteiger partial charge on any atom is 0.305 e. The number of hydrogen-bond acceptors (Lipinski definition) is 5. The fourth-order valence-corrected chi connectivity index (χ4v) is 2.06. The Morgan fingerprint density at radius 3 is 2.64 bits per heavy atom. The van der Waals surface area contributed by atoms with Crippen LogP contribution in [0, 0.1) is 6.92 Å². The lowest BCUT2D eigenvalue weighted by Gasteiger charge is -2.17. The molecule has 0 saturated carbocycles. The van der Waals surface area contributed by atoms with E-state index < -0.39 is 12.0 Å². The molecule has 1 amide bonds. The highest BCUT2D eigenvalue weighted by Gasteiger charge is 2.24. The summed E-state index contributed by atoms with van der Waals surface area (Å²) in [5.41, 5.74) is 0.968. The van der Waals surface area contributed by atoms with E-state index in [1.807, 2.05) is 30.3 Å². The Hall–Kier alpha value is -2.77. The highest BCUT2D eigenvalue weighted by atomic mass is 16.4. The normalized spacial score (nSPS) is 11.9. The van der Waals surface area contributed by atoms with Gasteiger partial charge in [-0.1, -0.05) is 30.3 Å². The van der Waals surface area contributed by atoms with Crippen molar-refractivity contribution in [3.8, 4) is 0 Å². The SMILES string of the molecule is Cc1nnnn1C(Cc1ccccc1)C(=O)NCCC(=O)O. The van der Waals surface area contributed by atoms with Gasteiger partial charge >= 0.3 is 5.97 Å². The highest BCUT2D eigenvalue weighted by molar-refractivity contribution is 5.81. The zero-order valence-electron chi connectivity index (χ0n) is 12.1. The molecule has 1 aromatic carbocycles. The van der Waals surface area contributed by atoms with Crippen LogP contribution < -0.4 is 5.32 Å². The second-order valence-electron chi connectivity index (χ2n) is 4.81. The van der Waals surface area contributed by atoms with Crippen LogP contribution in [0.1, 0.15) is 23.9 Å². The number of nitrogens with zero attached hydrogens (tertiary/aromatic N) is 4. The lowest BCUT2D eigenvalue weighted by Crippen LogP contribution is -2.36. The lowest BCUT2D eigenvalue weighted by atomic mass is 10.1. The van der Waals surface area contributed by atoms with Gasteiger partial charge in [0.05, 0.1) is 6.42 Å². The molecule has 0 aliphatic rings. The van der Waals surface area contributed by atoms with Crippen LogP contribution >= 0.6 is 0 Å². The molecule has 8 heteroatoms. The number of carbonyl (C=O) groups excluding carboxylic acids is 1. The number of carbonyl (C=O) groups is 2. The molecule has 0 fully saturated rings. The summed E-state index contributed by atoms with van der Waals surface area (Å²) in [6.45, 7) is 1.78. The Balaban J connectivity index is 2.13. The van der Waals surface area contributed by atoms with E-state index >= 15 is 0 Å². The van der Waals surface area contributed by atoms with Gasteiger partial charge in [-0.15, -0.1) is 5.10 Å². The number of carboxylic acid groups (broad SMARTS) is 1. The molecule has 1 atom stereocenters. The van der Waals surface area contributed by atoms with E-state index in [1.165, 1.54) is 4.68 Å². The molecule has 1 aromatic heterocycles. The fourth-order valence-electron chi connectivity index (χ4n) is 2.06. The maximum absolute atomic E-state index is 12.4. The van der Waals surface area contributed by atoms with E-state index in [1.54, 1.807) is 6.92 Å². The zero-order valence-corrected chi connectivity index (χ0v) is 12.1. The standard InChI is InChI=1S/C14H17N5O3/c1-10-16-17-18-19(10)12(9-11-5-3-2-4-6-11)14(22)15-8-7-13(20)21/h2-6,12H,7-9H2,1H3,(H,15,22)(H,20,21). The van der Waals surface area contributed by atoms with Gasteiger partial charge in [-0.05, 0) is 22.9 Å². The molecule has 0 bridgehead atoms. The summed E-state index contributed by atoms with van der Waals surface area (Å²) in [5.74, 6) is -0.742. The maximum atomic E-state index is 12.4. The largest absolute Gasteiger partial charge is 0.481 e. The van der Waals surface area contributed by atoms with Gasteiger partial charge in [0.15, 0.2) is 0 Å². The van der Waals surface area contributed by atoms with Crippen LogP contribution in [-0.4, -0.2) is 43.7 Å². The van der Waals surface area contributed by atoms with Crippen LogP contribution in [-0.2, 0) is 16.0 Å². The monoisotopic (exact) mass is 303 g/mol. The van der Waals surface area contributed by atoms with Gasteiger partial charge in [0, 0.05) is 13.0 Å². The molecule has 2 aromatic rings. The number of hydrogen-bond donors (Lipinski definition) is 2. The van der Waals surface area contributed by atoms with Crippen molar-refractivity contribution in [2.45, 2.75) is 25.8 Å². The molecule has 116 valence electrons. The quantitative estimate of drug-likeness (QED) is 0.764. The van der Waals surface area contributed by atoms with Crippen LogP contribution in [0.5, 0.6) is 0 Å². The number of carboxylic acids is 1. The fraction of sp³-hybridized carbons (Fsp3) is 0.357. The van der Waals surface area contributed by atoms with Crippen molar-refractivity contribution in [3.63, 3.8) is 0 Å².